The van der Waals surface area contributed by atoms with E-state index in [4.69, 9.17) is 18.7 Å². The van der Waals surface area contributed by atoms with Crippen molar-refractivity contribution in [2.45, 2.75) is 32.2 Å². The number of methoxy groups -OCH3 is 3. The summed E-state index contributed by atoms with van der Waals surface area (Å²) in [6.07, 6.45) is 3.70. The largest absolute Gasteiger partial charge is 0.493 e. The Morgan fingerprint density at radius 3 is 2.55 bits per heavy atom. The quantitative estimate of drug-likeness (QED) is 0.618. The minimum absolute atomic E-state index is 0.0195. The fourth-order valence-corrected chi connectivity index (χ4v) is 4.12. The second-order valence-corrected chi connectivity index (χ2v) is 7.49. The molecule has 1 N–H and O–H groups in total. The summed E-state index contributed by atoms with van der Waals surface area (Å²) in [6.45, 7) is 2.55. The average molecular weight is 426 g/mol. The van der Waals surface area contributed by atoms with Crippen LogP contribution in [0.25, 0.3) is 11.3 Å². The fourth-order valence-electron chi connectivity index (χ4n) is 4.12. The third-order valence-electron chi connectivity index (χ3n) is 5.55. The molecule has 0 radical (unpaired) electrons. The van der Waals surface area contributed by atoms with Gasteiger partial charge in [0.25, 0.3) is 0 Å². The monoisotopic (exact) mass is 426 g/mol. The first-order valence-electron chi connectivity index (χ1n) is 10.1. The van der Waals surface area contributed by atoms with E-state index in [1.54, 1.807) is 27.5 Å². The average Bonchev–Trinajstić information content (AvgIpc) is 3.52. The third-order valence-corrected chi connectivity index (χ3v) is 5.55. The molecule has 1 aromatic carbocycles. The molecule has 3 heterocycles. The molecule has 0 aliphatic carbocycles. The zero-order valence-electron chi connectivity index (χ0n) is 18.1. The molecule has 9 nitrogen and oxygen atoms in total. The normalized spacial score (nSPS) is 15.9. The van der Waals surface area contributed by atoms with E-state index < -0.39 is 0 Å². The first-order valence-corrected chi connectivity index (χ1v) is 10.1. The van der Waals surface area contributed by atoms with E-state index in [9.17, 15) is 4.79 Å². The Morgan fingerprint density at radius 1 is 1.19 bits per heavy atom. The van der Waals surface area contributed by atoms with Crippen molar-refractivity contribution in [3.8, 4) is 28.6 Å². The minimum Gasteiger partial charge on any atom is -0.493 e. The zero-order valence-corrected chi connectivity index (χ0v) is 18.1. The number of likely N-dealkylation sites (tertiary alicyclic amines) is 1. The zero-order chi connectivity index (χ0) is 22.0. The lowest BCUT2D eigenvalue weighted by Crippen LogP contribution is -2.32. The number of hydrogen-bond acceptors (Lipinski definition) is 7. The number of carbonyl (C=O) groups excluding carboxylic acids is 1. The second-order valence-electron chi connectivity index (χ2n) is 7.49. The summed E-state index contributed by atoms with van der Waals surface area (Å²) in [5, 5.41) is 11.2. The van der Waals surface area contributed by atoms with Gasteiger partial charge in [-0.05, 0) is 37.5 Å². The number of H-pyrrole nitrogens is 1. The van der Waals surface area contributed by atoms with Crippen LogP contribution in [-0.2, 0) is 11.2 Å². The molecule has 164 valence electrons. The Kier molecular flexibility index (Phi) is 5.83. The summed E-state index contributed by atoms with van der Waals surface area (Å²) < 4.78 is 21.6. The third kappa shape index (κ3) is 3.95. The van der Waals surface area contributed by atoms with Crippen LogP contribution < -0.4 is 14.2 Å². The number of carbonyl (C=O) groups is 1. The van der Waals surface area contributed by atoms with Gasteiger partial charge >= 0.3 is 0 Å². The van der Waals surface area contributed by atoms with Gasteiger partial charge in [0.1, 0.15) is 0 Å². The van der Waals surface area contributed by atoms with Crippen LogP contribution in [0.1, 0.15) is 35.8 Å². The highest BCUT2D eigenvalue weighted by atomic mass is 16.5. The fraction of sp³-hybridized carbons (Fsp3) is 0.409. The molecule has 3 aromatic rings. The summed E-state index contributed by atoms with van der Waals surface area (Å²) in [5.41, 5.74) is 3.29. The predicted octanol–water partition coefficient (Wildman–Crippen LogP) is 3.31. The molecule has 31 heavy (non-hydrogen) atoms. The van der Waals surface area contributed by atoms with Gasteiger partial charge in [0, 0.05) is 12.6 Å². The van der Waals surface area contributed by atoms with Crippen LogP contribution in [0.2, 0.25) is 0 Å². The number of ether oxygens (including phenoxy) is 3. The minimum atomic E-state index is -0.0996. The first-order chi connectivity index (χ1) is 15.0. The first kappa shape index (κ1) is 20.8. The molecule has 9 heteroatoms. The Labute approximate surface area is 180 Å². The standard InChI is InChI=1S/C22H26N4O5/c1-13-8-17(31-25-13)15-12-23-24-21(15)16-6-5-7-26(16)20(27)11-14-9-18(28-2)22(30-4)19(10-14)29-3/h8-10,12,16H,5-7,11H2,1-4H3,(H,23,24). The van der Waals surface area contributed by atoms with Crippen LogP contribution in [0.15, 0.2) is 28.9 Å². The number of aromatic nitrogens is 3. The van der Waals surface area contributed by atoms with Crippen molar-refractivity contribution in [3.05, 3.63) is 41.3 Å². The predicted molar refractivity (Wildman–Crippen MR) is 112 cm³/mol. The molecule has 1 fully saturated rings. The number of rotatable bonds is 7. The van der Waals surface area contributed by atoms with Crippen LogP contribution in [0.4, 0.5) is 0 Å². The van der Waals surface area contributed by atoms with E-state index in [1.807, 2.05) is 30.0 Å². The van der Waals surface area contributed by atoms with Gasteiger partial charge in [-0.15, -0.1) is 0 Å². The summed E-state index contributed by atoms with van der Waals surface area (Å²) in [5.74, 6) is 2.22. The molecule has 0 spiro atoms. The van der Waals surface area contributed by atoms with E-state index in [0.29, 0.717) is 29.6 Å². The molecular weight excluding hydrogens is 400 g/mol. The maximum atomic E-state index is 13.3. The van der Waals surface area contributed by atoms with Crippen molar-refractivity contribution in [2.24, 2.45) is 0 Å². The molecule has 1 unspecified atom stereocenters. The number of aryl methyl sites for hydroxylation is 1. The lowest BCUT2D eigenvalue weighted by molar-refractivity contribution is -0.131. The maximum absolute atomic E-state index is 13.3. The summed E-state index contributed by atoms with van der Waals surface area (Å²) in [7, 11) is 4.67. The van der Waals surface area contributed by atoms with Crippen molar-refractivity contribution in [1.29, 1.82) is 0 Å². The van der Waals surface area contributed by atoms with Gasteiger partial charge < -0.3 is 23.6 Å². The Bertz CT molecular complexity index is 1050. The SMILES string of the molecule is COc1cc(CC(=O)N2CCCC2c2[nH]ncc2-c2cc(C)no2)cc(OC)c1OC. The molecule has 1 aliphatic heterocycles. The highest BCUT2D eigenvalue weighted by molar-refractivity contribution is 5.80. The molecular formula is C22H26N4O5. The van der Waals surface area contributed by atoms with Crippen molar-refractivity contribution in [1.82, 2.24) is 20.3 Å². The Balaban J connectivity index is 1.58. The summed E-state index contributed by atoms with van der Waals surface area (Å²) in [6, 6.07) is 5.38. The number of amides is 1. The van der Waals surface area contributed by atoms with E-state index in [2.05, 4.69) is 15.4 Å². The highest BCUT2D eigenvalue weighted by Gasteiger charge is 2.33. The molecule has 1 atom stereocenters. The van der Waals surface area contributed by atoms with Gasteiger partial charge in [0.15, 0.2) is 17.3 Å². The van der Waals surface area contributed by atoms with Crippen LogP contribution in [0.5, 0.6) is 17.2 Å². The number of hydrogen-bond donors (Lipinski definition) is 1. The topological polar surface area (TPSA) is 103 Å². The number of aromatic amines is 1. The van der Waals surface area contributed by atoms with Gasteiger partial charge in [-0.3, -0.25) is 9.89 Å². The smallest absolute Gasteiger partial charge is 0.227 e. The van der Waals surface area contributed by atoms with Gasteiger partial charge in [-0.2, -0.15) is 5.10 Å². The number of nitrogens with zero attached hydrogens (tertiary/aromatic N) is 3. The molecule has 1 amide bonds. The van der Waals surface area contributed by atoms with Crippen molar-refractivity contribution >= 4 is 5.91 Å². The van der Waals surface area contributed by atoms with Crippen LogP contribution in [-0.4, -0.2) is 54.0 Å². The lowest BCUT2D eigenvalue weighted by Gasteiger charge is -2.25. The molecule has 0 bridgehead atoms. The van der Waals surface area contributed by atoms with Gasteiger partial charge in [0.2, 0.25) is 11.7 Å². The second kappa shape index (κ2) is 8.71. The van der Waals surface area contributed by atoms with Crippen molar-refractivity contribution in [3.63, 3.8) is 0 Å². The number of nitrogens with one attached hydrogen (secondary N) is 1. The maximum Gasteiger partial charge on any atom is 0.227 e. The molecule has 2 aromatic heterocycles. The van der Waals surface area contributed by atoms with Gasteiger partial charge in [0.05, 0.1) is 56.9 Å². The van der Waals surface area contributed by atoms with E-state index in [-0.39, 0.29) is 18.4 Å². The Hall–Kier alpha value is -3.49. The van der Waals surface area contributed by atoms with Crippen molar-refractivity contribution < 1.29 is 23.5 Å². The lowest BCUT2D eigenvalue weighted by atomic mass is 10.0. The summed E-state index contributed by atoms with van der Waals surface area (Å²) >= 11 is 0. The molecule has 1 aliphatic rings. The summed E-state index contributed by atoms with van der Waals surface area (Å²) in [4.78, 5) is 15.2. The van der Waals surface area contributed by atoms with Crippen molar-refractivity contribution in [2.75, 3.05) is 27.9 Å². The Morgan fingerprint density at radius 2 is 1.94 bits per heavy atom. The molecule has 0 saturated carbocycles. The highest BCUT2D eigenvalue weighted by Crippen LogP contribution is 2.40. The van der Waals surface area contributed by atoms with Gasteiger partial charge in [-0.1, -0.05) is 5.16 Å². The van der Waals surface area contributed by atoms with E-state index >= 15 is 0 Å². The van der Waals surface area contributed by atoms with Gasteiger partial charge in [-0.25, -0.2) is 0 Å². The van der Waals surface area contributed by atoms with Crippen LogP contribution >= 0.6 is 0 Å². The van der Waals surface area contributed by atoms with E-state index in [1.165, 1.54) is 0 Å². The van der Waals surface area contributed by atoms with E-state index in [0.717, 1.165) is 35.4 Å². The molecule has 4 rings (SSSR count). The molecule has 1 saturated heterocycles. The van der Waals surface area contributed by atoms with Crippen LogP contribution in [0.3, 0.4) is 0 Å². The van der Waals surface area contributed by atoms with Crippen LogP contribution in [0, 0.1) is 6.92 Å². The number of benzene rings is 1.